The summed E-state index contributed by atoms with van der Waals surface area (Å²) in [6, 6.07) is 7.47. The molecule has 3 amide bonds. The fraction of sp³-hybridized carbons (Fsp3) is 0.529. The number of carbonyl (C=O) groups is 2. The molecule has 1 atom stereocenters. The lowest BCUT2D eigenvalue weighted by atomic mass is 10.2. The van der Waals surface area contributed by atoms with Crippen molar-refractivity contribution < 1.29 is 9.59 Å². The largest absolute Gasteiger partial charge is 0.325 e. The molecule has 3 N–H and O–H groups in total. The Bertz CT molecular complexity index is 584. The first kappa shape index (κ1) is 17.1. The third-order valence-electron chi connectivity index (χ3n) is 4.27. The van der Waals surface area contributed by atoms with Crippen LogP contribution in [0.1, 0.15) is 19.3 Å². The second-order valence-electron chi connectivity index (χ2n) is 6.15. The minimum Gasteiger partial charge on any atom is -0.325 e. The van der Waals surface area contributed by atoms with E-state index in [0.717, 1.165) is 44.0 Å². The average molecular weight is 348 g/mol. The first-order valence-corrected chi connectivity index (χ1v) is 9.64. The number of carbonyl (C=O) groups excluding carboxylic acids is 2. The normalized spacial score (nSPS) is 20.7. The highest BCUT2D eigenvalue weighted by atomic mass is 32.2. The monoisotopic (exact) mass is 348 g/mol. The quantitative estimate of drug-likeness (QED) is 0.781. The Balaban J connectivity index is 1.58. The summed E-state index contributed by atoms with van der Waals surface area (Å²) in [4.78, 5) is 26.4. The zero-order valence-corrected chi connectivity index (χ0v) is 14.5. The molecule has 7 heteroatoms. The fourth-order valence-electron chi connectivity index (χ4n) is 2.99. The van der Waals surface area contributed by atoms with Gasteiger partial charge in [0, 0.05) is 43.6 Å². The number of para-hydroxylation sites is 2. The van der Waals surface area contributed by atoms with Gasteiger partial charge < -0.3 is 20.9 Å². The molecule has 2 fully saturated rings. The van der Waals surface area contributed by atoms with Crippen molar-refractivity contribution in [3.63, 3.8) is 0 Å². The molecule has 1 aromatic carbocycles. The molecule has 3 rings (SSSR count). The fourth-order valence-corrected chi connectivity index (χ4v) is 3.94. The van der Waals surface area contributed by atoms with Gasteiger partial charge in [0.2, 0.25) is 5.91 Å². The van der Waals surface area contributed by atoms with Crippen molar-refractivity contribution in [3.8, 4) is 0 Å². The summed E-state index contributed by atoms with van der Waals surface area (Å²) in [5, 5.41) is 9.21. The van der Waals surface area contributed by atoms with Gasteiger partial charge in [0.05, 0.1) is 11.4 Å². The van der Waals surface area contributed by atoms with Gasteiger partial charge in [-0.3, -0.25) is 4.79 Å². The molecule has 1 unspecified atom stereocenters. The molecule has 0 radical (unpaired) electrons. The summed E-state index contributed by atoms with van der Waals surface area (Å²) in [6.07, 6.45) is 2.55. The van der Waals surface area contributed by atoms with E-state index in [1.807, 2.05) is 40.9 Å². The Morgan fingerprint density at radius 1 is 1.17 bits per heavy atom. The van der Waals surface area contributed by atoms with Crippen molar-refractivity contribution in [3.05, 3.63) is 24.3 Å². The van der Waals surface area contributed by atoms with Gasteiger partial charge in [-0.15, -0.1) is 0 Å². The SMILES string of the molecule is O=C(CC1CSCCN1)Nc1ccccc1NC(=O)N1CCCC1. The van der Waals surface area contributed by atoms with E-state index in [2.05, 4.69) is 16.0 Å². The molecule has 24 heavy (non-hydrogen) atoms. The lowest BCUT2D eigenvalue weighted by molar-refractivity contribution is -0.116. The number of anilines is 2. The smallest absolute Gasteiger partial charge is 0.321 e. The van der Waals surface area contributed by atoms with Crippen LogP contribution < -0.4 is 16.0 Å². The number of hydrogen-bond donors (Lipinski definition) is 3. The minimum absolute atomic E-state index is 0.0297. The Morgan fingerprint density at radius 2 is 1.88 bits per heavy atom. The van der Waals surface area contributed by atoms with Crippen LogP contribution in [0.3, 0.4) is 0 Å². The van der Waals surface area contributed by atoms with E-state index in [1.54, 1.807) is 0 Å². The van der Waals surface area contributed by atoms with Crippen molar-refractivity contribution in [1.82, 2.24) is 10.2 Å². The van der Waals surface area contributed by atoms with Gasteiger partial charge in [-0.1, -0.05) is 12.1 Å². The number of likely N-dealkylation sites (tertiary alicyclic amines) is 1. The van der Waals surface area contributed by atoms with E-state index in [9.17, 15) is 9.59 Å². The number of thioether (sulfide) groups is 1. The average Bonchev–Trinajstić information content (AvgIpc) is 3.12. The van der Waals surface area contributed by atoms with Crippen LogP contribution in [-0.2, 0) is 4.79 Å². The Morgan fingerprint density at radius 3 is 2.54 bits per heavy atom. The summed E-state index contributed by atoms with van der Waals surface area (Å²) in [6.45, 7) is 2.54. The predicted molar refractivity (Wildman–Crippen MR) is 98.6 cm³/mol. The molecule has 130 valence electrons. The molecule has 2 aliphatic rings. The summed E-state index contributed by atoms with van der Waals surface area (Å²) >= 11 is 1.87. The number of nitrogens with zero attached hydrogens (tertiary/aromatic N) is 1. The molecule has 0 aliphatic carbocycles. The van der Waals surface area contributed by atoms with E-state index < -0.39 is 0 Å². The molecular weight excluding hydrogens is 324 g/mol. The van der Waals surface area contributed by atoms with E-state index in [0.29, 0.717) is 17.8 Å². The van der Waals surface area contributed by atoms with Gasteiger partial charge in [0.15, 0.2) is 0 Å². The zero-order chi connectivity index (χ0) is 16.8. The number of benzene rings is 1. The topological polar surface area (TPSA) is 73.5 Å². The molecule has 0 bridgehead atoms. The Labute approximate surface area is 146 Å². The summed E-state index contributed by atoms with van der Waals surface area (Å²) < 4.78 is 0. The predicted octanol–water partition coefficient (Wildman–Crippen LogP) is 2.35. The van der Waals surface area contributed by atoms with E-state index >= 15 is 0 Å². The molecule has 2 heterocycles. The maximum atomic E-state index is 12.3. The first-order chi connectivity index (χ1) is 11.7. The van der Waals surface area contributed by atoms with Crippen LogP contribution >= 0.6 is 11.8 Å². The first-order valence-electron chi connectivity index (χ1n) is 8.48. The Kier molecular flexibility index (Phi) is 5.98. The van der Waals surface area contributed by atoms with Gasteiger partial charge in [-0.05, 0) is 25.0 Å². The van der Waals surface area contributed by atoms with Crippen LogP contribution in [0.15, 0.2) is 24.3 Å². The minimum atomic E-state index is -0.0976. The molecule has 6 nitrogen and oxygen atoms in total. The van der Waals surface area contributed by atoms with Gasteiger partial charge in [0.25, 0.3) is 0 Å². The zero-order valence-electron chi connectivity index (χ0n) is 13.7. The number of nitrogens with one attached hydrogen (secondary N) is 3. The van der Waals surface area contributed by atoms with Crippen molar-refractivity contribution in [2.75, 3.05) is 41.8 Å². The van der Waals surface area contributed by atoms with Gasteiger partial charge >= 0.3 is 6.03 Å². The molecule has 0 spiro atoms. The van der Waals surface area contributed by atoms with Crippen LogP contribution in [0.4, 0.5) is 16.2 Å². The molecule has 1 aromatic rings. The van der Waals surface area contributed by atoms with Crippen molar-refractivity contribution in [1.29, 1.82) is 0 Å². The van der Waals surface area contributed by atoms with Gasteiger partial charge in [-0.25, -0.2) is 4.79 Å². The summed E-state index contributed by atoms with van der Waals surface area (Å²) in [5.41, 5.74) is 1.30. The number of rotatable bonds is 4. The maximum Gasteiger partial charge on any atom is 0.321 e. The van der Waals surface area contributed by atoms with Crippen molar-refractivity contribution >= 4 is 35.1 Å². The third-order valence-corrected chi connectivity index (χ3v) is 5.40. The lowest BCUT2D eigenvalue weighted by Crippen LogP contribution is -2.40. The van der Waals surface area contributed by atoms with Crippen LogP contribution in [0.25, 0.3) is 0 Å². The van der Waals surface area contributed by atoms with E-state index in [-0.39, 0.29) is 18.0 Å². The molecule has 0 saturated carbocycles. The summed E-state index contributed by atoms with van der Waals surface area (Å²) in [7, 11) is 0. The lowest BCUT2D eigenvalue weighted by Gasteiger charge is -2.23. The standard InChI is InChI=1S/C17H24N4O2S/c22-16(11-13-12-24-10-7-18-13)19-14-5-1-2-6-15(14)20-17(23)21-8-3-4-9-21/h1-2,5-6,13,18H,3-4,7-12H2,(H,19,22)(H,20,23). The molecule has 0 aromatic heterocycles. The van der Waals surface area contributed by atoms with Gasteiger partial charge in [0.1, 0.15) is 0 Å². The van der Waals surface area contributed by atoms with Crippen LogP contribution in [0.5, 0.6) is 0 Å². The second-order valence-corrected chi connectivity index (χ2v) is 7.30. The van der Waals surface area contributed by atoms with Crippen molar-refractivity contribution in [2.24, 2.45) is 0 Å². The third kappa shape index (κ3) is 4.64. The Hall–Kier alpha value is -1.73. The highest BCUT2D eigenvalue weighted by Crippen LogP contribution is 2.23. The number of urea groups is 1. The van der Waals surface area contributed by atoms with E-state index in [1.165, 1.54) is 0 Å². The highest BCUT2D eigenvalue weighted by Gasteiger charge is 2.20. The maximum absolute atomic E-state index is 12.3. The summed E-state index contributed by atoms with van der Waals surface area (Å²) in [5.74, 6) is 2.03. The van der Waals surface area contributed by atoms with Crippen LogP contribution in [-0.4, -0.2) is 54.0 Å². The second kappa shape index (κ2) is 8.39. The van der Waals surface area contributed by atoms with Crippen molar-refractivity contribution in [2.45, 2.75) is 25.3 Å². The number of amides is 3. The molecule has 2 saturated heterocycles. The molecular formula is C17H24N4O2S. The van der Waals surface area contributed by atoms with Gasteiger partial charge in [-0.2, -0.15) is 11.8 Å². The highest BCUT2D eigenvalue weighted by molar-refractivity contribution is 7.99. The molecule has 2 aliphatic heterocycles. The van der Waals surface area contributed by atoms with Crippen LogP contribution in [0.2, 0.25) is 0 Å². The number of hydrogen-bond acceptors (Lipinski definition) is 4. The van der Waals surface area contributed by atoms with E-state index in [4.69, 9.17) is 0 Å². The van der Waals surface area contributed by atoms with Crippen LogP contribution in [0, 0.1) is 0 Å².